The van der Waals surface area contributed by atoms with E-state index in [4.69, 9.17) is 9.84 Å². The molecule has 0 aliphatic carbocycles. The van der Waals surface area contributed by atoms with Crippen LogP contribution in [0, 0.1) is 5.92 Å². The Kier molecular flexibility index (Phi) is 7.88. The zero-order chi connectivity index (χ0) is 18.4. The molecule has 2 atom stereocenters. The van der Waals surface area contributed by atoms with Crippen molar-refractivity contribution in [1.29, 1.82) is 0 Å². The predicted molar refractivity (Wildman–Crippen MR) is 80.5 cm³/mol. The molecule has 0 spiro atoms. The van der Waals surface area contributed by atoms with Crippen molar-refractivity contribution in [1.82, 2.24) is 5.32 Å². The number of aliphatic hydroxyl groups is 1. The molecule has 0 aliphatic heterocycles. The molecule has 0 unspecified atom stereocenters. The fourth-order valence-corrected chi connectivity index (χ4v) is 2.03. The van der Waals surface area contributed by atoms with Gasteiger partial charge in [0.1, 0.15) is 0 Å². The highest BCUT2D eigenvalue weighted by Gasteiger charge is 2.42. The number of amides is 1. The summed E-state index contributed by atoms with van der Waals surface area (Å²) in [5, 5.41) is 21.5. The Bertz CT molecular complexity index is 472. The third-order valence-electron chi connectivity index (χ3n) is 3.06. The normalized spacial score (nSPS) is 15.0. The molecule has 0 saturated carbocycles. The molecule has 0 bridgehead atoms. The monoisotopic (exact) mass is 331 g/mol. The predicted octanol–water partition coefficient (Wildman–Crippen LogP) is 0.264. The number of Topliss-reactive ketones (excluding diaryl/α,β-unsaturated/α-hetero) is 1. The van der Waals surface area contributed by atoms with E-state index in [1.54, 1.807) is 27.7 Å². The van der Waals surface area contributed by atoms with Gasteiger partial charge in [0.05, 0.1) is 25.0 Å². The molecule has 0 radical (unpaired) electrons. The lowest BCUT2D eigenvalue weighted by Gasteiger charge is -2.28. The Hall–Kier alpha value is -1.96. The number of esters is 1. The third-order valence-corrected chi connectivity index (χ3v) is 3.06. The van der Waals surface area contributed by atoms with Crippen LogP contribution in [0.2, 0.25) is 0 Å². The Morgan fingerprint density at radius 3 is 1.96 bits per heavy atom. The number of aliphatic carboxylic acids is 1. The maximum absolute atomic E-state index is 12.3. The zero-order valence-electron chi connectivity index (χ0n) is 14.1. The molecule has 23 heavy (non-hydrogen) atoms. The molecule has 8 heteroatoms. The van der Waals surface area contributed by atoms with Crippen molar-refractivity contribution in [3.63, 3.8) is 0 Å². The van der Waals surface area contributed by atoms with Gasteiger partial charge in [-0.05, 0) is 26.7 Å². The minimum absolute atomic E-state index is 0.256. The molecule has 0 fully saturated rings. The van der Waals surface area contributed by atoms with Crippen molar-refractivity contribution < 1.29 is 34.1 Å². The van der Waals surface area contributed by atoms with Crippen LogP contribution >= 0.6 is 0 Å². The van der Waals surface area contributed by atoms with E-state index >= 15 is 0 Å². The minimum Gasteiger partial charge on any atom is -0.481 e. The van der Waals surface area contributed by atoms with Gasteiger partial charge in [-0.2, -0.15) is 0 Å². The quantitative estimate of drug-likeness (QED) is 0.517. The number of carboxylic acids is 1. The van der Waals surface area contributed by atoms with Crippen LogP contribution in [0.5, 0.6) is 0 Å². The van der Waals surface area contributed by atoms with Crippen LogP contribution in [0.1, 0.15) is 47.5 Å². The van der Waals surface area contributed by atoms with Gasteiger partial charge >= 0.3 is 11.9 Å². The number of ketones is 1. The van der Waals surface area contributed by atoms with Crippen LogP contribution < -0.4 is 5.32 Å². The SMILES string of the molecule is CC(=O)[C@@H](NC(=O)[C@](O)(CC(=O)O)CC(=O)OC(C)C)C(C)C. The van der Waals surface area contributed by atoms with Gasteiger partial charge in [-0.3, -0.25) is 19.2 Å². The molecule has 0 saturated heterocycles. The average Bonchev–Trinajstić information content (AvgIpc) is 2.31. The maximum Gasteiger partial charge on any atom is 0.309 e. The molecule has 0 aliphatic rings. The number of ether oxygens (including phenoxy) is 1. The molecule has 0 aromatic carbocycles. The molecule has 132 valence electrons. The summed E-state index contributed by atoms with van der Waals surface area (Å²) in [6.45, 7) is 7.82. The number of carbonyl (C=O) groups is 4. The Labute approximate surface area is 135 Å². The fourth-order valence-electron chi connectivity index (χ4n) is 2.03. The molecule has 3 N–H and O–H groups in total. The molecule has 0 aromatic heterocycles. The second kappa shape index (κ2) is 8.61. The van der Waals surface area contributed by atoms with E-state index in [1.807, 2.05) is 0 Å². The molecule has 0 aromatic rings. The van der Waals surface area contributed by atoms with Crippen LogP contribution in [0.25, 0.3) is 0 Å². The van der Waals surface area contributed by atoms with E-state index in [-0.39, 0.29) is 11.7 Å². The first kappa shape index (κ1) is 21.0. The fraction of sp³-hybridized carbons (Fsp3) is 0.733. The Balaban J connectivity index is 5.27. The lowest BCUT2D eigenvalue weighted by molar-refractivity contribution is -0.163. The van der Waals surface area contributed by atoms with E-state index in [1.165, 1.54) is 6.92 Å². The Morgan fingerprint density at radius 1 is 1.09 bits per heavy atom. The second-order valence-electron chi connectivity index (χ2n) is 6.12. The average molecular weight is 331 g/mol. The van der Waals surface area contributed by atoms with E-state index in [2.05, 4.69) is 5.32 Å². The summed E-state index contributed by atoms with van der Waals surface area (Å²) >= 11 is 0. The van der Waals surface area contributed by atoms with Crippen LogP contribution in [-0.4, -0.2) is 51.6 Å². The van der Waals surface area contributed by atoms with Crippen molar-refractivity contribution in [2.24, 2.45) is 5.92 Å². The van der Waals surface area contributed by atoms with Crippen molar-refractivity contribution in [3.05, 3.63) is 0 Å². The van der Waals surface area contributed by atoms with Gasteiger partial charge in [0.15, 0.2) is 11.4 Å². The maximum atomic E-state index is 12.3. The van der Waals surface area contributed by atoms with Crippen LogP contribution in [0.3, 0.4) is 0 Å². The van der Waals surface area contributed by atoms with Crippen molar-refractivity contribution in [2.75, 3.05) is 0 Å². The van der Waals surface area contributed by atoms with Gasteiger partial charge in [0.25, 0.3) is 5.91 Å². The topological polar surface area (TPSA) is 130 Å². The first-order valence-corrected chi connectivity index (χ1v) is 7.34. The molecule has 0 rings (SSSR count). The molecular formula is C15H25NO7. The van der Waals surface area contributed by atoms with Gasteiger partial charge in [-0.1, -0.05) is 13.8 Å². The van der Waals surface area contributed by atoms with Crippen molar-refractivity contribution >= 4 is 23.6 Å². The van der Waals surface area contributed by atoms with E-state index in [9.17, 15) is 24.3 Å². The second-order valence-corrected chi connectivity index (χ2v) is 6.12. The zero-order valence-corrected chi connectivity index (χ0v) is 14.1. The summed E-state index contributed by atoms with van der Waals surface area (Å²) in [6, 6.07) is -0.885. The number of hydrogen-bond donors (Lipinski definition) is 3. The van der Waals surface area contributed by atoms with Gasteiger partial charge in [0.2, 0.25) is 0 Å². The lowest BCUT2D eigenvalue weighted by atomic mass is 9.92. The van der Waals surface area contributed by atoms with Crippen LogP contribution in [0.4, 0.5) is 0 Å². The highest BCUT2D eigenvalue weighted by atomic mass is 16.5. The standard InChI is InChI=1S/C15H25NO7/c1-8(2)13(10(5)17)16-14(21)15(22,6-11(18)19)7-12(20)23-9(3)4/h8-9,13,22H,6-7H2,1-5H3,(H,16,21)(H,18,19)/t13-,15-/m0/s1. The largest absolute Gasteiger partial charge is 0.481 e. The summed E-state index contributed by atoms with van der Waals surface area (Å²) < 4.78 is 4.84. The van der Waals surface area contributed by atoms with Gasteiger partial charge < -0.3 is 20.3 Å². The molecule has 8 nitrogen and oxygen atoms in total. The molecular weight excluding hydrogens is 306 g/mol. The summed E-state index contributed by atoms with van der Waals surface area (Å²) in [5.74, 6) is -4.04. The van der Waals surface area contributed by atoms with Gasteiger partial charge in [-0.15, -0.1) is 0 Å². The van der Waals surface area contributed by atoms with E-state index < -0.39 is 48.4 Å². The highest BCUT2D eigenvalue weighted by molar-refractivity contribution is 5.96. The first-order chi connectivity index (χ1) is 10.4. The van der Waals surface area contributed by atoms with E-state index in [0.717, 1.165) is 0 Å². The van der Waals surface area contributed by atoms with Gasteiger partial charge in [-0.25, -0.2) is 0 Å². The van der Waals surface area contributed by atoms with Crippen molar-refractivity contribution in [3.8, 4) is 0 Å². The number of carboxylic acid groups (broad SMARTS) is 1. The minimum atomic E-state index is -2.49. The van der Waals surface area contributed by atoms with Crippen LogP contribution in [0.15, 0.2) is 0 Å². The summed E-state index contributed by atoms with van der Waals surface area (Å²) in [4.78, 5) is 46.4. The van der Waals surface area contributed by atoms with Gasteiger partial charge in [0, 0.05) is 0 Å². The number of carbonyl (C=O) groups excluding carboxylic acids is 3. The first-order valence-electron chi connectivity index (χ1n) is 7.34. The summed E-state index contributed by atoms with van der Waals surface area (Å²) in [5.41, 5.74) is -2.49. The Morgan fingerprint density at radius 2 is 1.61 bits per heavy atom. The van der Waals surface area contributed by atoms with Crippen molar-refractivity contribution in [2.45, 2.75) is 65.2 Å². The highest BCUT2D eigenvalue weighted by Crippen LogP contribution is 2.19. The summed E-state index contributed by atoms with van der Waals surface area (Å²) in [6.07, 6.45) is -2.26. The lowest BCUT2D eigenvalue weighted by Crippen LogP contribution is -2.55. The number of hydrogen-bond acceptors (Lipinski definition) is 6. The molecule has 1 amide bonds. The number of nitrogens with one attached hydrogen (secondary N) is 1. The van der Waals surface area contributed by atoms with Crippen LogP contribution in [-0.2, 0) is 23.9 Å². The third kappa shape index (κ3) is 7.23. The number of rotatable bonds is 9. The summed E-state index contributed by atoms with van der Waals surface area (Å²) in [7, 11) is 0. The molecule has 0 heterocycles. The van der Waals surface area contributed by atoms with E-state index in [0.29, 0.717) is 0 Å². The smallest absolute Gasteiger partial charge is 0.309 e.